The molecule has 0 saturated carbocycles. The lowest BCUT2D eigenvalue weighted by atomic mass is 10.1. The van der Waals surface area contributed by atoms with Crippen molar-refractivity contribution >= 4 is 0 Å². The zero-order valence-electron chi connectivity index (χ0n) is 11.5. The van der Waals surface area contributed by atoms with Crippen molar-refractivity contribution in [2.45, 2.75) is 13.0 Å². The van der Waals surface area contributed by atoms with E-state index in [-0.39, 0.29) is 5.75 Å². The van der Waals surface area contributed by atoms with Gasteiger partial charge in [-0.15, -0.1) is 0 Å². The first-order valence-electron chi connectivity index (χ1n) is 6.50. The van der Waals surface area contributed by atoms with Gasteiger partial charge in [0.15, 0.2) is 11.5 Å². The van der Waals surface area contributed by atoms with E-state index >= 15 is 0 Å². The van der Waals surface area contributed by atoms with Crippen molar-refractivity contribution in [3.05, 3.63) is 53.6 Å². The van der Waals surface area contributed by atoms with Gasteiger partial charge in [0.25, 0.3) is 0 Å². The molecule has 4 nitrogen and oxygen atoms in total. The third kappa shape index (κ3) is 3.65. The molecule has 0 amide bonds. The fraction of sp³-hybridized carbons (Fsp3) is 0.250. The van der Waals surface area contributed by atoms with E-state index in [4.69, 9.17) is 15.2 Å². The molecule has 0 aliphatic carbocycles. The van der Waals surface area contributed by atoms with Crippen molar-refractivity contribution in [2.75, 3.05) is 13.7 Å². The molecule has 0 spiro atoms. The van der Waals surface area contributed by atoms with Crippen LogP contribution in [0.5, 0.6) is 17.2 Å². The molecule has 2 aromatic carbocycles. The minimum Gasteiger partial charge on any atom is -0.508 e. The van der Waals surface area contributed by atoms with Crippen molar-refractivity contribution in [1.29, 1.82) is 0 Å². The molecule has 4 heteroatoms. The summed E-state index contributed by atoms with van der Waals surface area (Å²) in [6, 6.07) is 12.8. The molecular formula is C16H19NO3. The smallest absolute Gasteiger partial charge is 0.161 e. The molecule has 0 radical (unpaired) electrons. The molecule has 3 N–H and O–H groups in total. The number of benzene rings is 2. The lowest BCUT2D eigenvalue weighted by Gasteiger charge is -2.12. The summed E-state index contributed by atoms with van der Waals surface area (Å²) >= 11 is 0. The number of rotatable bonds is 6. The van der Waals surface area contributed by atoms with E-state index in [0.717, 1.165) is 17.5 Å². The normalized spacial score (nSPS) is 10.3. The number of nitrogens with two attached hydrogens (primary N) is 1. The molecule has 0 aliphatic rings. The Balaban J connectivity index is 2.09. The highest BCUT2D eigenvalue weighted by atomic mass is 16.5. The first kappa shape index (κ1) is 14.2. The molecule has 0 aromatic heterocycles. The maximum atomic E-state index is 9.41. The molecule has 0 atom stereocenters. The highest BCUT2D eigenvalue weighted by molar-refractivity contribution is 5.43. The Morgan fingerprint density at radius 2 is 1.90 bits per heavy atom. The molecular weight excluding hydrogens is 254 g/mol. The number of ether oxygens (including phenoxy) is 2. The van der Waals surface area contributed by atoms with Crippen LogP contribution in [-0.2, 0) is 13.0 Å². The molecule has 0 unspecified atom stereocenters. The Kier molecular flexibility index (Phi) is 4.85. The maximum absolute atomic E-state index is 9.41. The van der Waals surface area contributed by atoms with E-state index in [1.165, 1.54) is 0 Å². The predicted octanol–water partition coefficient (Wildman–Crippen LogP) is 2.48. The van der Waals surface area contributed by atoms with Gasteiger partial charge in [-0.25, -0.2) is 0 Å². The van der Waals surface area contributed by atoms with Crippen molar-refractivity contribution in [1.82, 2.24) is 0 Å². The van der Waals surface area contributed by atoms with Crippen LogP contribution in [0.25, 0.3) is 0 Å². The second-order valence-electron chi connectivity index (χ2n) is 4.48. The Bertz CT molecular complexity index is 569. The molecule has 0 fully saturated rings. The van der Waals surface area contributed by atoms with Crippen molar-refractivity contribution in [2.24, 2.45) is 5.73 Å². The maximum Gasteiger partial charge on any atom is 0.161 e. The van der Waals surface area contributed by atoms with Crippen LogP contribution in [0.15, 0.2) is 42.5 Å². The fourth-order valence-corrected chi connectivity index (χ4v) is 1.96. The third-order valence-corrected chi connectivity index (χ3v) is 2.97. The molecule has 0 saturated heterocycles. The van der Waals surface area contributed by atoms with Gasteiger partial charge in [-0.2, -0.15) is 0 Å². The zero-order chi connectivity index (χ0) is 14.4. The van der Waals surface area contributed by atoms with Crippen molar-refractivity contribution in [3.63, 3.8) is 0 Å². The van der Waals surface area contributed by atoms with E-state index in [2.05, 4.69) is 0 Å². The van der Waals surface area contributed by atoms with E-state index in [0.29, 0.717) is 24.7 Å². The summed E-state index contributed by atoms with van der Waals surface area (Å²) < 4.78 is 11.1. The minimum absolute atomic E-state index is 0.233. The van der Waals surface area contributed by atoms with Gasteiger partial charge >= 0.3 is 0 Å². The fourth-order valence-electron chi connectivity index (χ4n) is 1.96. The first-order valence-corrected chi connectivity index (χ1v) is 6.50. The van der Waals surface area contributed by atoms with Crippen LogP contribution < -0.4 is 15.2 Å². The zero-order valence-corrected chi connectivity index (χ0v) is 11.5. The van der Waals surface area contributed by atoms with E-state index in [1.807, 2.05) is 24.3 Å². The summed E-state index contributed by atoms with van der Waals surface area (Å²) in [5.41, 5.74) is 7.56. The predicted molar refractivity (Wildman–Crippen MR) is 78.2 cm³/mol. The Labute approximate surface area is 118 Å². The van der Waals surface area contributed by atoms with Crippen LogP contribution in [0.1, 0.15) is 11.1 Å². The van der Waals surface area contributed by atoms with Gasteiger partial charge in [-0.3, -0.25) is 0 Å². The topological polar surface area (TPSA) is 64.7 Å². The Hall–Kier alpha value is -2.20. The number of phenols is 1. The number of methoxy groups -OCH3 is 1. The average Bonchev–Trinajstić information content (AvgIpc) is 2.46. The van der Waals surface area contributed by atoms with Crippen LogP contribution in [0.3, 0.4) is 0 Å². The van der Waals surface area contributed by atoms with Crippen LogP contribution >= 0.6 is 0 Å². The summed E-state index contributed by atoms with van der Waals surface area (Å²) in [4.78, 5) is 0. The Morgan fingerprint density at radius 3 is 2.60 bits per heavy atom. The summed E-state index contributed by atoms with van der Waals surface area (Å²) in [5.74, 6) is 1.60. The van der Waals surface area contributed by atoms with Crippen LogP contribution in [0.2, 0.25) is 0 Å². The first-order chi connectivity index (χ1) is 9.72. The highest BCUT2D eigenvalue weighted by Crippen LogP contribution is 2.29. The SMILES string of the molecule is COc1cc(CCN)ccc1OCc1cccc(O)c1. The third-order valence-electron chi connectivity index (χ3n) is 2.97. The highest BCUT2D eigenvalue weighted by Gasteiger charge is 2.06. The minimum atomic E-state index is 0.233. The molecule has 2 aromatic rings. The van der Waals surface area contributed by atoms with Gasteiger partial charge in [0.2, 0.25) is 0 Å². The van der Waals surface area contributed by atoms with Crippen molar-refractivity contribution in [3.8, 4) is 17.2 Å². The van der Waals surface area contributed by atoms with E-state index in [1.54, 1.807) is 25.3 Å². The largest absolute Gasteiger partial charge is 0.508 e. The second-order valence-corrected chi connectivity index (χ2v) is 4.48. The summed E-state index contributed by atoms with van der Waals surface area (Å²) in [7, 11) is 1.61. The molecule has 0 heterocycles. The summed E-state index contributed by atoms with van der Waals surface area (Å²) in [6.07, 6.45) is 0.809. The van der Waals surface area contributed by atoms with E-state index < -0.39 is 0 Å². The summed E-state index contributed by atoms with van der Waals surface area (Å²) in [5, 5.41) is 9.41. The van der Waals surface area contributed by atoms with Gasteiger partial charge < -0.3 is 20.3 Å². The molecule has 2 rings (SSSR count). The molecule has 20 heavy (non-hydrogen) atoms. The van der Waals surface area contributed by atoms with Gasteiger partial charge in [-0.05, 0) is 48.4 Å². The second kappa shape index (κ2) is 6.82. The van der Waals surface area contributed by atoms with Gasteiger partial charge in [0.05, 0.1) is 7.11 Å². The molecule has 0 aliphatic heterocycles. The number of phenolic OH excluding ortho intramolecular Hbond substituents is 1. The van der Waals surface area contributed by atoms with Crippen LogP contribution in [-0.4, -0.2) is 18.8 Å². The molecule has 106 valence electrons. The number of hydrogen-bond acceptors (Lipinski definition) is 4. The lowest BCUT2D eigenvalue weighted by Crippen LogP contribution is -2.03. The van der Waals surface area contributed by atoms with Gasteiger partial charge in [0.1, 0.15) is 12.4 Å². The van der Waals surface area contributed by atoms with E-state index in [9.17, 15) is 5.11 Å². The Morgan fingerprint density at radius 1 is 1.05 bits per heavy atom. The number of aromatic hydroxyl groups is 1. The monoisotopic (exact) mass is 273 g/mol. The quantitative estimate of drug-likeness (QED) is 0.848. The van der Waals surface area contributed by atoms with Gasteiger partial charge in [-0.1, -0.05) is 18.2 Å². The summed E-state index contributed by atoms with van der Waals surface area (Å²) in [6.45, 7) is 0.980. The van der Waals surface area contributed by atoms with Crippen molar-refractivity contribution < 1.29 is 14.6 Å². The number of hydrogen-bond donors (Lipinski definition) is 2. The average molecular weight is 273 g/mol. The van der Waals surface area contributed by atoms with Crippen LogP contribution in [0, 0.1) is 0 Å². The molecule has 0 bridgehead atoms. The lowest BCUT2D eigenvalue weighted by molar-refractivity contribution is 0.284. The van der Waals surface area contributed by atoms with Crippen LogP contribution in [0.4, 0.5) is 0 Å². The van der Waals surface area contributed by atoms with Gasteiger partial charge in [0, 0.05) is 0 Å². The standard InChI is InChI=1S/C16H19NO3/c1-19-16-10-12(7-8-17)5-6-15(16)20-11-13-3-2-4-14(18)9-13/h2-6,9-10,18H,7-8,11,17H2,1H3.